The molecule has 2 aromatic carbocycles. The number of carbonyl (C=O) groups is 1. The molecule has 6 heteroatoms. The maximum absolute atomic E-state index is 12.7. The Morgan fingerprint density at radius 1 is 1.00 bits per heavy atom. The van der Waals surface area contributed by atoms with Crippen molar-refractivity contribution in [3.8, 4) is 0 Å². The maximum Gasteiger partial charge on any atom is 0.251 e. The van der Waals surface area contributed by atoms with Gasteiger partial charge in [0.2, 0.25) is 0 Å². The van der Waals surface area contributed by atoms with Gasteiger partial charge in [0, 0.05) is 18.4 Å². The van der Waals surface area contributed by atoms with Gasteiger partial charge in [-0.2, -0.15) is 0 Å². The van der Waals surface area contributed by atoms with E-state index in [9.17, 15) is 4.79 Å². The van der Waals surface area contributed by atoms with Crippen LogP contribution in [0.4, 0.5) is 0 Å². The zero-order valence-electron chi connectivity index (χ0n) is 17.6. The molecule has 3 aromatic rings. The number of aryl methyl sites for hydroxylation is 2. The molecule has 0 saturated carbocycles. The molecule has 1 aromatic heterocycles. The van der Waals surface area contributed by atoms with Crippen LogP contribution < -0.4 is 5.32 Å². The van der Waals surface area contributed by atoms with Crippen LogP contribution in [0.2, 0.25) is 0 Å². The van der Waals surface area contributed by atoms with Crippen LogP contribution in [0.15, 0.2) is 53.7 Å². The van der Waals surface area contributed by atoms with Crippen LogP contribution in [0.1, 0.15) is 52.8 Å². The Bertz CT molecular complexity index is 962. The van der Waals surface area contributed by atoms with Gasteiger partial charge in [0.05, 0.1) is 6.04 Å². The van der Waals surface area contributed by atoms with Crippen LogP contribution in [-0.2, 0) is 12.8 Å². The van der Waals surface area contributed by atoms with Gasteiger partial charge in [-0.15, -0.1) is 10.2 Å². The number of aromatic nitrogens is 3. The van der Waals surface area contributed by atoms with Crippen molar-refractivity contribution in [2.45, 2.75) is 44.6 Å². The van der Waals surface area contributed by atoms with Crippen LogP contribution in [0.3, 0.4) is 0 Å². The van der Waals surface area contributed by atoms with Gasteiger partial charge in [-0.1, -0.05) is 73.1 Å². The molecule has 5 nitrogen and oxygen atoms in total. The van der Waals surface area contributed by atoms with Gasteiger partial charge in [-0.25, -0.2) is 0 Å². The lowest BCUT2D eigenvalue weighted by molar-refractivity contribution is 0.0922. The first-order chi connectivity index (χ1) is 13.8. The highest BCUT2D eigenvalue weighted by atomic mass is 32.2. The highest BCUT2D eigenvalue weighted by molar-refractivity contribution is 7.98. The summed E-state index contributed by atoms with van der Waals surface area (Å²) in [7, 11) is 1.96. The number of hydrogen-bond donors (Lipinski definition) is 1. The average Bonchev–Trinajstić information content (AvgIpc) is 3.06. The van der Waals surface area contributed by atoms with E-state index in [0.29, 0.717) is 5.56 Å². The Hall–Kier alpha value is -2.60. The number of hydrogen-bond acceptors (Lipinski definition) is 4. The van der Waals surface area contributed by atoms with Crippen LogP contribution in [0.5, 0.6) is 0 Å². The van der Waals surface area contributed by atoms with Gasteiger partial charge in [0.25, 0.3) is 5.91 Å². The summed E-state index contributed by atoms with van der Waals surface area (Å²) in [4.78, 5) is 12.7. The number of nitrogens with one attached hydrogen (secondary N) is 1. The quantitative estimate of drug-likeness (QED) is 0.568. The van der Waals surface area contributed by atoms with Gasteiger partial charge in [0.1, 0.15) is 0 Å². The molecule has 1 atom stereocenters. The zero-order chi connectivity index (χ0) is 21.0. The molecule has 0 fully saturated rings. The lowest BCUT2D eigenvalue weighted by atomic mass is 10.0. The van der Waals surface area contributed by atoms with Gasteiger partial charge >= 0.3 is 0 Å². The van der Waals surface area contributed by atoms with E-state index in [0.717, 1.165) is 22.3 Å². The third-order valence-electron chi connectivity index (χ3n) is 4.90. The number of amides is 1. The summed E-state index contributed by atoms with van der Waals surface area (Å²) in [6.45, 7) is 8.25. The molecular formula is C23H28N4OS. The molecule has 29 heavy (non-hydrogen) atoms. The Morgan fingerprint density at radius 3 is 2.17 bits per heavy atom. The van der Waals surface area contributed by atoms with Crippen molar-refractivity contribution in [2.24, 2.45) is 13.0 Å². The maximum atomic E-state index is 12.7. The fourth-order valence-electron chi connectivity index (χ4n) is 3.01. The number of carbonyl (C=O) groups excluding carboxylic acids is 1. The highest BCUT2D eigenvalue weighted by Gasteiger charge is 2.25. The average molecular weight is 409 g/mol. The van der Waals surface area contributed by atoms with Crippen molar-refractivity contribution < 1.29 is 4.79 Å². The summed E-state index contributed by atoms with van der Waals surface area (Å²) in [5, 5.41) is 12.7. The molecule has 0 spiro atoms. The van der Waals surface area contributed by atoms with Crippen molar-refractivity contribution in [1.29, 1.82) is 0 Å². The predicted octanol–water partition coefficient (Wildman–Crippen LogP) is 4.85. The summed E-state index contributed by atoms with van der Waals surface area (Å²) in [5.74, 6) is 1.68. The van der Waals surface area contributed by atoms with E-state index in [1.165, 1.54) is 11.1 Å². The number of benzene rings is 2. The van der Waals surface area contributed by atoms with Crippen molar-refractivity contribution in [1.82, 2.24) is 20.1 Å². The fourth-order valence-corrected chi connectivity index (χ4v) is 3.89. The standard InChI is InChI=1S/C23H28N4OS/c1-15(2)20(24-22(28)19-12-8-17(4)9-13-19)21-25-26-23(27(21)5)29-14-18-10-6-16(3)7-11-18/h6-13,15,20H,14H2,1-5H3,(H,24,28)/t20-/m0/s1. The van der Waals surface area contributed by atoms with Crippen molar-refractivity contribution in [2.75, 3.05) is 0 Å². The topological polar surface area (TPSA) is 59.8 Å². The Balaban J connectivity index is 1.73. The lowest BCUT2D eigenvalue weighted by Crippen LogP contribution is -2.33. The van der Waals surface area contributed by atoms with E-state index in [1.54, 1.807) is 11.8 Å². The van der Waals surface area contributed by atoms with Gasteiger partial charge in [-0.05, 0) is 37.5 Å². The van der Waals surface area contributed by atoms with Gasteiger partial charge < -0.3 is 9.88 Å². The van der Waals surface area contributed by atoms with Crippen LogP contribution >= 0.6 is 11.8 Å². The Morgan fingerprint density at radius 2 is 1.59 bits per heavy atom. The van der Waals surface area contributed by atoms with E-state index < -0.39 is 0 Å². The van der Waals surface area contributed by atoms with Crippen molar-refractivity contribution in [3.63, 3.8) is 0 Å². The second-order valence-corrected chi connectivity index (χ2v) is 8.68. The van der Waals surface area contributed by atoms with Gasteiger partial charge in [-0.3, -0.25) is 4.79 Å². The molecular weight excluding hydrogens is 380 g/mol. The first-order valence-electron chi connectivity index (χ1n) is 9.80. The number of thioether (sulfide) groups is 1. The van der Waals surface area contributed by atoms with Crippen LogP contribution in [-0.4, -0.2) is 20.7 Å². The smallest absolute Gasteiger partial charge is 0.251 e. The molecule has 0 bridgehead atoms. The number of rotatable bonds is 7. The minimum absolute atomic E-state index is 0.0967. The molecule has 0 radical (unpaired) electrons. The first-order valence-corrected chi connectivity index (χ1v) is 10.8. The molecule has 0 aliphatic carbocycles. The lowest BCUT2D eigenvalue weighted by Gasteiger charge is -2.21. The number of nitrogens with zero attached hydrogens (tertiary/aromatic N) is 3. The second-order valence-electron chi connectivity index (χ2n) is 7.74. The Kier molecular flexibility index (Phi) is 6.75. The van der Waals surface area contributed by atoms with E-state index in [4.69, 9.17) is 0 Å². The summed E-state index contributed by atoms with van der Waals surface area (Å²) in [6, 6.07) is 15.9. The van der Waals surface area contributed by atoms with E-state index >= 15 is 0 Å². The van der Waals surface area contributed by atoms with Crippen LogP contribution in [0, 0.1) is 19.8 Å². The normalized spacial score (nSPS) is 12.2. The third-order valence-corrected chi connectivity index (χ3v) is 5.99. The zero-order valence-corrected chi connectivity index (χ0v) is 18.5. The SMILES string of the molecule is Cc1ccc(CSc2nnc([C@@H](NC(=O)c3ccc(C)cc3)C(C)C)n2C)cc1. The van der Waals surface area contributed by atoms with E-state index in [2.05, 4.69) is 60.6 Å². The van der Waals surface area contributed by atoms with Gasteiger partial charge in [0.15, 0.2) is 11.0 Å². The molecule has 1 heterocycles. The van der Waals surface area contributed by atoms with Crippen molar-refractivity contribution >= 4 is 17.7 Å². The molecule has 0 unspecified atom stereocenters. The predicted molar refractivity (Wildman–Crippen MR) is 118 cm³/mol. The second kappa shape index (κ2) is 9.27. The van der Waals surface area contributed by atoms with Crippen molar-refractivity contribution in [3.05, 3.63) is 76.6 Å². The molecule has 0 saturated heterocycles. The van der Waals surface area contributed by atoms with E-state index in [1.807, 2.05) is 42.8 Å². The van der Waals surface area contributed by atoms with Crippen LogP contribution in [0.25, 0.3) is 0 Å². The summed E-state index contributed by atoms with van der Waals surface area (Å²) >= 11 is 1.65. The third kappa shape index (κ3) is 5.26. The highest BCUT2D eigenvalue weighted by Crippen LogP contribution is 2.26. The minimum atomic E-state index is -0.213. The summed E-state index contributed by atoms with van der Waals surface area (Å²) < 4.78 is 1.99. The molecule has 1 N–H and O–H groups in total. The molecule has 3 rings (SSSR count). The Labute approximate surface area is 176 Å². The summed E-state index contributed by atoms with van der Waals surface area (Å²) in [5.41, 5.74) is 4.28. The minimum Gasteiger partial charge on any atom is -0.342 e. The largest absolute Gasteiger partial charge is 0.342 e. The molecule has 1 amide bonds. The monoisotopic (exact) mass is 408 g/mol. The first kappa shape index (κ1) is 21.1. The van der Waals surface area contributed by atoms with E-state index in [-0.39, 0.29) is 17.9 Å². The molecule has 0 aliphatic rings. The molecule has 0 aliphatic heterocycles. The molecule has 152 valence electrons. The summed E-state index contributed by atoms with van der Waals surface area (Å²) in [6.07, 6.45) is 0. The fraction of sp³-hybridized carbons (Fsp3) is 0.348.